The number of sulfonamides is 1. The van der Waals surface area contributed by atoms with E-state index in [4.69, 9.17) is 0 Å². The number of rotatable bonds is 5. The maximum atomic E-state index is 12.2. The van der Waals surface area contributed by atoms with Gasteiger partial charge in [-0.2, -0.15) is 0 Å². The van der Waals surface area contributed by atoms with Gasteiger partial charge in [0, 0.05) is 25.6 Å². The molecule has 0 radical (unpaired) electrons. The molecule has 0 aliphatic carbocycles. The maximum Gasteiger partial charge on any atom is 0.257 e. The van der Waals surface area contributed by atoms with Crippen LogP contribution >= 0.6 is 12.4 Å². The molecule has 0 bridgehead atoms. The van der Waals surface area contributed by atoms with E-state index in [2.05, 4.69) is 15.0 Å². The second-order valence-electron chi connectivity index (χ2n) is 5.25. The van der Waals surface area contributed by atoms with E-state index in [0.29, 0.717) is 17.6 Å². The van der Waals surface area contributed by atoms with Gasteiger partial charge in [0.15, 0.2) is 5.03 Å². The first-order valence-corrected chi connectivity index (χ1v) is 8.42. The molecule has 6 nitrogen and oxygen atoms in total. The summed E-state index contributed by atoms with van der Waals surface area (Å²) in [5.41, 5.74) is 0. The van der Waals surface area contributed by atoms with Crippen LogP contribution in [0.3, 0.4) is 0 Å². The van der Waals surface area contributed by atoms with E-state index < -0.39 is 10.0 Å². The minimum atomic E-state index is -3.41. The maximum absolute atomic E-state index is 12.2. The van der Waals surface area contributed by atoms with Crippen molar-refractivity contribution < 1.29 is 8.42 Å². The molecular formula is C12H21ClN4O2S. The van der Waals surface area contributed by atoms with E-state index in [9.17, 15) is 8.42 Å². The van der Waals surface area contributed by atoms with Gasteiger partial charge in [-0.1, -0.05) is 0 Å². The second-order valence-corrected chi connectivity index (χ2v) is 6.96. The van der Waals surface area contributed by atoms with Crippen LogP contribution in [0.5, 0.6) is 0 Å². The molecule has 3 rings (SSSR count). The van der Waals surface area contributed by atoms with Crippen molar-refractivity contribution in [3.05, 3.63) is 12.0 Å². The van der Waals surface area contributed by atoms with Crippen LogP contribution in [0.15, 0.2) is 11.2 Å². The van der Waals surface area contributed by atoms with Crippen LogP contribution in [-0.2, 0) is 23.0 Å². The smallest absolute Gasteiger partial charge is 0.257 e. The predicted molar refractivity (Wildman–Crippen MR) is 78.6 cm³/mol. The number of imidazole rings is 1. The Hall–Kier alpha value is -0.630. The molecule has 2 N–H and O–H groups in total. The van der Waals surface area contributed by atoms with Gasteiger partial charge < -0.3 is 9.88 Å². The van der Waals surface area contributed by atoms with Crippen LogP contribution in [0, 0.1) is 0 Å². The Morgan fingerprint density at radius 2 is 2.30 bits per heavy atom. The molecule has 114 valence electrons. The van der Waals surface area contributed by atoms with Crippen LogP contribution in [0.25, 0.3) is 0 Å². The standard InChI is InChI=1S/C12H20N4O2S.ClH/c17-19(18,15-7-5-10-3-1-6-13-10)12-9-14-11-4-2-8-16(11)12;/h9-10,13,15H,1-8H2;1H/t10-;/m1./s1. The molecule has 0 saturated carbocycles. The molecule has 0 unspecified atom stereocenters. The Morgan fingerprint density at radius 1 is 1.45 bits per heavy atom. The third-order valence-electron chi connectivity index (χ3n) is 3.91. The fraction of sp³-hybridized carbons (Fsp3) is 0.750. The molecule has 0 aromatic carbocycles. The molecule has 1 aromatic rings. The normalized spacial score (nSPS) is 21.7. The molecule has 1 aromatic heterocycles. The Labute approximate surface area is 125 Å². The molecule has 3 heterocycles. The quantitative estimate of drug-likeness (QED) is 0.836. The number of aromatic nitrogens is 2. The van der Waals surface area contributed by atoms with Gasteiger partial charge in [0.1, 0.15) is 5.82 Å². The van der Waals surface area contributed by atoms with Gasteiger partial charge in [-0.15, -0.1) is 12.4 Å². The van der Waals surface area contributed by atoms with Crippen LogP contribution in [0.2, 0.25) is 0 Å². The summed E-state index contributed by atoms with van der Waals surface area (Å²) in [4.78, 5) is 4.18. The largest absolute Gasteiger partial charge is 0.318 e. The number of nitrogens with zero attached hydrogens (tertiary/aromatic N) is 2. The first-order chi connectivity index (χ1) is 9.17. The van der Waals surface area contributed by atoms with Crippen molar-refractivity contribution >= 4 is 22.4 Å². The fourth-order valence-electron chi connectivity index (χ4n) is 2.89. The van der Waals surface area contributed by atoms with Crippen molar-refractivity contribution in [3.8, 4) is 0 Å². The predicted octanol–water partition coefficient (Wildman–Crippen LogP) is 0.671. The highest BCUT2D eigenvalue weighted by Crippen LogP contribution is 2.19. The first kappa shape index (κ1) is 15.8. The Morgan fingerprint density at radius 3 is 3.05 bits per heavy atom. The number of aryl methyl sites for hydroxylation is 1. The zero-order valence-electron chi connectivity index (χ0n) is 11.3. The lowest BCUT2D eigenvalue weighted by Gasteiger charge is -2.11. The lowest BCUT2D eigenvalue weighted by molar-refractivity contribution is 0.533. The number of hydrogen-bond donors (Lipinski definition) is 2. The summed E-state index contributed by atoms with van der Waals surface area (Å²) in [5.74, 6) is 0.887. The minimum Gasteiger partial charge on any atom is -0.318 e. The molecule has 2 aliphatic heterocycles. The summed E-state index contributed by atoms with van der Waals surface area (Å²) in [5, 5.41) is 3.69. The van der Waals surface area contributed by atoms with Crippen LogP contribution in [0.4, 0.5) is 0 Å². The topological polar surface area (TPSA) is 76.0 Å². The molecular weight excluding hydrogens is 300 g/mol. The van der Waals surface area contributed by atoms with Gasteiger partial charge in [-0.3, -0.25) is 0 Å². The summed E-state index contributed by atoms with van der Waals surface area (Å²) in [7, 11) is -3.41. The molecule has 1 saturated heterocycles. The molecule has 1 fully saturated rings. The van der Waals surface area contributed by atoms with E-state index in [1.165, 1.54) is 12.6 Å². The van der Waals surface area contributed by atoms with Gasteiger partial charge in [0.05, 0.1) is 6.20 Å². The Balaban J connectivity index is 0.00000147. The van der Waals surface area contributed by atoms with Crippen molar-refractivity contribution in [3.63, 3.8) is 0 Å². The summed E-state index contributed by atoms with van der Waals surface area (Å²) in [6, 6.07) is 0.457. The highest BCUT2D eigenvalue weighted by molar-refractivity contribution is 7.89. The van der Waals surface area contributed by atoms with Gasteiger partial charge >= 0.3 is 0 Å². The van der Waals surface area contributed by atoms with Crippen molar-refractivity contribution in [2.45, 2.75) is 49.7 Å². The van der Waals surface area contributed by atoms with Crippen molar-refractivity contribution in [2.24, 2.45) is 0 Å². The average Bonchev–Trinajstić information content (AvgIpc) is 3.05. The van der Waals surface area contributed by atoms with Gasteiger partial charge in [-0.25, -0.2) is 18.1 Å². The lowest BCUT2D eigenvalue weighted by Crippen LogP contribution is -2.31. The summed E-state index contributed by atoms with van der Waals surface area (Å²) in [6.07, 6.45) is 6.52. The summed E-state index contributed by atoms with van der Waals surface area (Å²) < 4.78 is 29.0. The SMILES string of the molecule is Cl.O=S(=O)(NCC[C@H]1CCCN1)c1cnc2n1CCC2. The van der Waals surface area contributed by atoms with E-state index in [-0.39, 0.29) is 12.4 Å². The fourth-order valence-corrected chi connectivity index (χ4v) is 4.10. The van der Waals surface area contributed by atoms with Crippen molar-refractivity contribution in [1.29, 1.82) is 0 Å². The molecule has 8 heteroatoms. The molecule has 0 spiro atoms. The zero-order valence-corrected chi connectivity index (χ0v) is 13.0. The van der Waals surface area contributed by atoms with E-state index in [0.717, 1.165) is 44.6 Å². The van der Waals surface area contributed by atoms with E-state index in [1.807, 2.05) is 4.57 Å². The third-order valence-corrected chi connectivity index (χ3v) is 5.37. The van der Waals surface area contributed by atoms with Crippen LogP contribution in [0.1, 0.15) is 31.5 Å². The zero-order chi connectivity index (χ0) is 13.3. The monoisotopic (exact) mass is 320 g/mol. The highest BCUT2D eigenvalue weighted by atomic mass is 35.5. The molecule has 20 heavy (non-hydrogen) atoms. The number of fused-ring (bicyclic) bond motifs is 1. The average molecular weight is 321 g/mol. The van der Waals surface area contributed by atoms with E-state index >= 15 is 0 Å². The molecule has 0 amide bonds. The first-order valence-electron chi connectivity index (χ1n) is 6.94. The van der Waals surface area contributed by atoms with Gasteiger partial charge in [0.25, 0.3) is 10.0 Å². The molecule has 1 atom stereocenters. The van der Waals surface area contributed by atoms with Gasteiger partial charge in [0.2, 0.25) is 0 Å². The van der Waals surface area contributed by atoms with Crippen LogP contribution in [-0.4, -0.2) is 37.1 Å². The second kappa shape index (κ2) is 6.43. The molecule has 2 aliphatic rings. The Bertz CT molecular complexity index is 552. The number of hydrogen-bond acceptors (Lipinski definition) is 4. The van der Waals surface area contributed by atoms with Crippen molar-refractivity contribution in [2.75, 3.05) is 13.1 Å². The van der Waals surface area contributed by atoms with Gasteiger partial charge in [-0.05, 0) is 32.2 Å². The minimum absolute atomic E-state index is 0. The number of halogens is 1. The van der Waals surface area contributed by atoms with E-state index in [1.54, 1.807) is 0 Å². The number of nitrogens with one attached hydrogen (secondary N) is 2. The summed E-state index contributed by atoms with van der Waals surface area (Å²) >= 11 is 0. The Kier molecular flexibility index (Phi) is 5.06. The third kappa shape index (κ3) is 3.16. The lowest BCUT2D eigenvalue weighted by atomic mass is 10.2. The van der Waals surface area contributed by atoms with Crippen LogP contribution < -0.4 is 10.0 Å². The van der Waals surface area contributed by atoms with Crippen molar-refractivity contribution in [1.82, 2.24) is 19.6 Å². The summed E-state index contributed by atoms with van der Waals surface area (Å²) in [6.45, 7) is 2.30. The highest BCUT2D eigenvalue weighted by Gasteiger charge is 2.25.